The first-order valence-corrected chi connectivity index (χ1v) is 6.44. The van der Waals surface area contributed by atoms with Gasteiger partial charge in [-0.3, -0.25) is 0 Å². The molecule has 0 saturated carbocycles. The van der Waals surface area contributed by atoms with Gasteiger partial charge in [0, 0.05) is 31.2 Å². The average molecular weight is 292 g/mol. The van der Waals surface area contributed by atoms with Crippen molar-refractivity contribution in [2.24, 2.45) is 5.73 Å². The summed E-state index contributed by atoms with van der Waals surface area (Å²) in [4.78, 5) is 1.74. The Bertz CT molecular complexity index is 433. The summed E-state index contributed by atoms with van der Waals surface area (Å²) in [7, 11) is 1.72. The number of anilines is 1. The molecule has 20 heavy (non-hydrogen) atoms. The number of halogens is 4. The van der Waals surface area contributed by atoms with Crippen LogP contribution in [0.1, 0.15) is 26.2 Å². The molecular weight excluding hydrogens is 272 g/mol. The summed E-state index contributed by atoms with van der Waals surface area (Å²) in [5.41, 5.74) is 5.68. The number of alkyl halides is 3. The molecule has 1 unspecified atom stereocenters. The Balaban J connectivity index is 2.76. The van der Waals surface area contributed by atoms with Gasteiger partial charge in [-0.1, -0.05) is 6.07 Å². The van der Waals surface area contributed by atoms with Crippen LogP contribution in [-0.4, -0.2) is 25.3 Å². The summed E-state index contributed by atoms with van der Waals surface area (Å²) >= 11 is 0. The van der Waals surface area contributed by atoms with E-state index in [1.807, 2.05) is 0 Å². The topological polar surface area (TPSA) is 29.3 Å². The van der Waals surface area contributed by atoms with E-state index < -0.39 is 18.1 Å². The van der Waals surface area contributed by atoms with E-state index in [4.69, 9.17) is 5.73 Å². The van der Waals surface area contributed by atoms with Gasteiger partial charge in [-0.25, -0.2) is 4.39 Å². The minimum absolute atomic E-state index is 0.00312. The van der Waals surface area contributed by atoms with E-state index in [1.165, 1.54) is 12.1 Å². The van der Waals surface area contributed by atoms with E-state index >= 15 is 0 Å². The molecule has 114 valence electrons. The third-order valence-electron chi connectivity index (χ3n) is 3.62. The monoisotopic (exact) mass is 292 g/mol. The lowest BCUT2D eigenvalue weighted by molar-refractivity contribution is -0.136. The minimum atomic E-state index is -4.16. The van der Waals surface area contributed by atoms with Crippen LogP contribution in [0, 0.1) is 5.82 Å². The third kappa shape index (κ3) is 4.67. The molecule has 2 nitrogen and oxygen atoms in total. The van der Waals surface area contributed by atoms with Crippen LogP contribution in [0.2, 0.25) is 0 Å². The highest BCUT2D eigenvalue weighted by Gasteiger charge is 2.32. The first-order chi connectivity index (χ1) is 9.18. The zero-order valence-electron chi connectivity index (χ0n) is 11.7. The molecule has 1 rings (SSSR count). The summed E-state index contributed by atoms with van der Waals surface area (Å²) in [6.07, 6.45) is -4.71. The highest BCUT2D eigenvalue weighted by Crippen LogP contribution is 2.29. The van der Waals surface area contributed by atoms with Crippen molar-refractivity contribution in [3.8, 4) is 0 Å². The highest BCUT2D eigenvalue weighted by molar-refractivity contribution is 5.48. The van der Waals surface area contributed by atoms with Gasteiger partial charge < -0.3 is 10.6 Å². The lowest BCUT2D eigenvalue weighted by Crippen LogP contribution is -2.50. The van der Waals surface area contributed by atoms with Gasteiger partial charge in [-0.15, -0.1) is 0 Å². The van der Waals surface area contributed by atoms with Crippen molar-refractivity contribution in [3.63, 3.8) is 0 Å². The van der Waals surface area contributed by atoms with Gasteiger partial charge in [0.15, 0.2) is 0 Å². The van der Waals surface area contributed by atoms with Crippen molar-refractivity contribution >= 4 is 5.69 Å². The predicted molar refractivity (Wildman–Crippen MR) is 72.2 cm³/mol. The molecule has 2 N–H and O–H groups in total. The molecule has 0 heterocycles. The molecular formula is C14H20F4N2. The van der Waals surface area contributed by atoms with E-state index in [2.05, 4.69) is 0 Å². The van der Waals surface area contributed by atoms with Crippen LogP contribution in [0.3, 0.4) is 0 Å². The summed E-state index contributed by atoms with van der Waals surface area (Å²) in [5, 5.41) is 0. The number of rotatable bonds is 6. The standard InChI is InChI=1S/C14H20F4N2/c1-13(10-19,7-4-8-14(16,17)18)20(2)12-6-3-5-11(15)9-12/h3,5-6,9H,4,7-8,10,19H2,1-2H3. The fraction of sp³-hybridized carbons (Fsp3) is 0.571. The number of nitrogens with two attached hydrogens (primary N) is 1. The van der Waals surface area contributed by atoms with Crippen LogP contribution < -0.4 is 10.6 Å². The summed E-state index contributed by atoms with van der Waals surface area (Å²) in [6.45, 7) is 1.98. The SMILES string of the molecule is CN(c1cccc(F)c1)C(C)(CN)CCCC(F)(F)F. The van der Waals surface area contributed by atoms with Crippen molar-refractivity contribution in [1.82, 2.24) is 0 Å². The van der Waals surface area contributed by atoms with Crippen molar-refractivity contribution in [1.29, 1.82) is 0 Å². The minimum Gasteiger partial charge on any atom is -0.368 e. The molecule has 0 spiro atoms. The van der Waals surface area contributed by atoms with Gasteiger partial charge in [-0.2, -0.15) is 13.2 Å². The summed E-state index contributed by atoms with van der Waals surface area (Å²) < 4.78 is 49.9. The second kappa shape index (κ2) is 6.43. The number of benzene rings is 1. The van der Waals surface area contributed by atoms with E-state index in [9.17, 15) is 17.6 Å². The fourth-order valence-electron chi connectivity index (χ4n) is 2.07. The molecule has 1 aromatic carbocycles. The average Bonchev–Trinajstić information content (AvgIpc) is 2.36. The number of hydrogen-bond donors (Lipinski definition) is 1. The van der Waals surface area contributed by atoms with E-state index in [1.54, 1.807) is 31.0 Å². The van der Waals surface area contributed by atoms with Crippen LogP contribution in [0.5, 0.6) is 0 Å². The molecule has 1 atom stereocenters. The number of likely N-dealkylation sites (N-methyl/N-ethyl adjacent to an activating group) is 1. The Kier molecular flexibility index (Phi) is 5.39. The van der Waals surface area contributed by atoms with Gasteiger partial charge in [-0.05, 0) is 38.0 Å². The lowest BCUT2D eigenvalue weighted by atomic mass is 9.92. The Morgan fingerprint density at radius 2 is 1.85 bits per heavy atom. The summed E-state index contributed by atoms with van der Waals surface area (Å²) in [5.74, 6) is -0.385. The Morgan fingerprint density at radius 1 is 1.20 bits per heavy atom. The maximum Gasteiger partial charge on any atom is 0.389 e. The fourth-order valence-corrected chi connectivity index (χ4v) is 2.07. The van der Waals surface area contributed by atoms with Crippen LogP contribution >= 0.6 is 0 Å². The molecule has 0 aliphatic rings. The maximum absolute atomic E-state index is 13.2. The highest BCUT2D eigenvalue weighted by atomic mass is 19.4. The predicted octanol–water partition coefficient (Wildman–Crippen LogP) is 3.71. The molecule has 6 heteroatoms. The van der Waals surface area contributed by atoms with Crippen molar-refractivity contribution in [2.75, 3.05) is 18.5 Å². The lowest BCUT2D eigenvalue weighted by Gasteiger charge is -2.40. The first kappa shape index (κ1) is 16.8. The van der Waals surface area contributed by atoms with Crippen LogP contribution in [0.25, 0.3) is 0 Å². The van der Waals surface area contributed by atoms with Crippen LogP contribution in [0.15, 0.2) is 24.3 Å². The van der Waals surface area contributed by atoms with Gasteiger partial charge in [0.25, 0.3) is 0 Å². The zero-order chi connectivity index (χ0) is 15.4. The largest absolute Gasteiger partial charge is 0.389 e. The van der Waals surface area contributed by atoms with Gasteiger partial charge >= 0.3 is 6.18 Å². The second-order valence-electron chi connectivity index (χ2n) is 5.21. The molecule has 0 radical (unpaired) electrons. The molecule has 0 amide bonds. The quantitative estimate of drug-likeness (QED) is 0.810. The van der Waals surface area contributed by atoms with Gasteiger partial charge in [0.2, 0.25) is 0 Å². The number of nitrogens with zero attached hydrogens (tertiary/aromatic N) is 1. The molecule has 0 aliphatic carbocycles. The smallest absolute Gasteiger partial charge is 0.368 e. The molecule has 0 bridgehead atoms. The normalized spacial score (nSPS) is 14.9. The molecule has 0 fully saturated rings. The zero-order valence-corrected chi connectivity index (χ0v) is 11.7. The van der Waals surface area contributed by atoms with Gasteiger partial charge in [0.1, 0.15) is 5.82 Å². The van der Waals surface area contributed by atoms with Gasteiger partial charge in [0.05, 0.1) is 0 Å². The summed E-state index contributed by atoms with van der Waals surface area (Å²) in [6, 6.07) is 5.94. The van der Waals surface area contributed by atoms with Crippen molar-refractivity contribution < 1.29 is 17.6 Å². The van der Waals surface area contributed by atoms with Crippen LogP contribution in [0.4, 0.5) is 23.2 Å². The van der Waals surface area contributed by atoms with Crippen molar-refractivity contribution in [3.05, 3.63) is 30.1 Å². The number of hydrogen-bond acceptors (Lipinski definition) is 2. The van der Waals surface area contributed by atoms with Crippen LogP contribution in [-0.2, 0) is 0 Å². The Hall–Kier alpha value is -1.30. The molecule has 0 aliphatic heterocycles. The Labute approximate surface area is 116 Å². The third-order valence-corrected chi connectivity index (χ3v) is 3.62. The maximum atomic E-state index is 13.2. The molecule has 0 saturated heterocycles. The van der Waals surface area contributed by atoms with Crippen molar-refractivity contribution in [2.45, 2.75) is 37.9 Å². The van der Waals surface area contributed by atoms with E-state index in [-0.39, 0.29) is 25.2 Å². The second-order valence-corrected chi connectivity index (χ2v) is 5.21. The van der Waals surface area contributed by atoms with E-state index in [0.29, 0.717) is 5.69 Å². The Morgan fingerprint density at radius 3 is 2.35 bits per heavy atom. The molecule has 1 aromatic rings. The first-order valence-electron chi connectivity index (χ1n) is 6.44. The molecule has 0 aromatic heterocycles. The van der Waals surface area contributed by atoms with E-state index in [0.717, 1.165) is 0 Å².